The van der Waals surface area contributed by atoms with E-state index in [0.29, 0.717) is 0 Å². The molecule has 0 radical (unpaired) electrons. The molecule has 3 aromatic rings. The Balaban J connectivity index is 1.90. The number of rotatable bonds is 5. The third kappa shape index (κ3) is 4.37. The average molecular weight is 432 g/mol. The summed E-state index contributed by atoms with van der Waals surface area (Å²) in [7, 11) is 1.31. The molecule has 3 aromatic carbocycles. The zero-order valence-corrected chi connectivity index (χ0v) is 16.6. The molecule has 0 saturated carbocycles. The Hall–Kier alpha value is -4.76. The number of ether oxygens (including phenoxy) is 1. The van der Waals surface area contributed by atoms with Crippen molar-refractivity contribution in [3.63, 3.8) is 0 Å². The summed E-state index contributed by atoms with van der Waals surface area (Å²) in [6.07, 6.45) is 0. The first-order valence-corrected chi connectivity index (χ1v) is 9.07. The molecule has 9 heteroatoms. The largest absolute Gasteiger partial charge is 0.496 e. The van der Waals surface area contributed by atoms with Crippen molar-refractivity contribution in [3.8, 4) is 17.9 Å². The molecule has 0 aliphatic rings. The van der Waals surface area contributed by atoms with E-state index in [-0.39, 0.29) is 39.4 Å². The highest BCUT2D eigenvalue weighted by Crippen LogP contribution is 2.25. The summed E-state index contributed by atoms with van der Waals surface area (Å²) in [6.45, 7) is 0. The highest BCUT2D eigenvalue weighted by atomic mass is 19.1. The number of nitrogens with one attached hydrogen (secondary N) is 2. The standard InChI is InChI=1S/C23H14F2N4O3/c1-32-19-9-8-13(22(30)28-17-6-2-4-14(11-26)20(17)24)10-16(19)23(31)29-18-7-3-5-15(12-27)21(18)25/h2-10H,1H3,(H,28,30)(H,29,31). The maximum Gasteiger partial charge on any atom is 0.259 e. The van der Waals surface area contributed by atoms with E-state index in [4.69, 9.17) is 15.3 Å². The molecule has 0 fully saturated rings. The zero-order chi connectivity index (χ0) is 23.3. The predicted octanol–water partition coefficient (Wildman–Crippen LogP) is 4.22. The van der Waals surface area contributed by atoms with Gasteiger partial charge in [-0.05, 0) is 42.5 Å². The van der Waals surface area contributed by atoms with Crippen LogP contribution in [0.5, 0.6) is 5.75 Å². The van der Waals surface area contributed by atoms with Crippen LogP contribution in [-0.2, 0) is 0 Å². The molecule has 0 heterocycles. The first-order chi connectivity index (χ1) is 15.4. The lowest BCUT2D eigenvalue weighted by Crippen LogP contribution is -2.18. The van der Waals surface area contributed by atoms with Crippen LogP contribution in [0.1, 0.15) is 31.8 Å². The van der Waals surface area contributed by atoms with Gasteiger partial charge in [-0.25, -0.2) is 8.78 Å². The quantitative estimate of drug-likeness (QED) is 0.626. The van der Waals surface area contributed by atoms with Crippen molar-refractivity contribution >= 4 is 23.2 Å². The predicted molar refractivity (Wildman–Crippen MR) is 111 cm³/mol. The molecule has 0 unspecified atom stereocenters. The number of methoxy groups -OCH3 is 1. The van der Waals surface area contributed by atoms with Gasteiger partial charge in [0.1, 0.15) is 17.9 Å². The number of hydrogen-bond donors (Lipinski definition) is 2. The van der Waals surface area contributed by atoms with Crippen molar-refractivity contribution in [3.05, 3.63) is 88.5 Å². The second-order valence-electron chi connectivity index (χ2n) is 6.38. The number of benzene rings is 3. The zero-order valence-electron chi connectivity index (χ0n) is 16.6. The normalized spacial score (nSPS) is 9.91. The van der Waals surface area contributed by atoms with E-state index in [0.717, 1.165) is 0 Å². The van der Waals surface area contributed by atoms with Crippen molar-refractivity contribution in [2.24, 2.45) is 0 Å². The lowest BCUT2D eigenvalue weighted by Gasteiger charge is -2.12. The molecule has 2 amide bonds. The average Bonchev–Trinajstić information content (AvgIpc) is 2.81. The molecule has 0 aliphatic heterocycles. The van der Waals surface area contributed by atoms with Gasteiger partial charge in [0, 0.05) is 5.56 Å². The van der Waals surface area contributed by atoms with Gasteiger partial charge in [0.2, 0.25) is 0 Å². The van der Waals surface area contributed by atoms with Gasteiger partial charge in [0.15, 0.2) is 11.6 Å². The molecule has 3 rings (SSSR count). The van der Waals surface area contributed by atoms with Gasteiger partial charge in [-0.3, -0.25) is 9.59 Å². The van der Waals surface area contributed by atoms with Crippen LogP contribution in [0.3, 0.4) is 0 Å². The fraction of sp³-hybridized carbons (Fsp3) is 0.0435. The van der Waals surface area contributed by atoms with Crippen molar-refractivity contribution in [1.82, 2.24) is 0 Å². The summed E-state index contributed by atoms with van der Waals surface area (Å²) in [4.78, 5) is 25.4. The first-order valence-electron chi connectivity index (χ1n) is 9.07. The molecular formula is C23H14F2N4O3. The highest BCUT2D eigenvalue weighted by Gasteiger charge is 2.19. The lowest BCUT2D eigenvalue weighted by molar-refractivity contribution is 0.102. The SMILES string of the molecule is COc1ccc(C(=O)Nc2cccc(C#N)c2F)cc1C(=O)Nc1cccc(C#N)c1F. The van der Waals surface area contributed by atoms with Crippen LogP contribution in [0.4, 0.5) is 20.2 Å². The van der Waals surface area contributed by atoms with Gasteiger partial charge in [-0.15, -0.1) is 0 Å². The fourth-order valence-electron chi connectivity index (χ4n) is 2.84. The van der Waals surface area contributed by atoms with Gasteiger partial charge in [-0.1, -0.05) is 12.1 Å². The molecule has 0 spiro atoms. The number of nitriles is 2. The van der Waals surface area contributed by atoms with Crippen LogP contribution in [0, 0.1) is 34.3 Å². The van der Waals surface area contributed by atoms with E-state index in [2.05, 4.69) is 10.6 Å². The molecule has 0 aliphatic carbocycles. The maximum atomic E-state index is 14.3. The number of amides is 2. The molecule has 0 atom stereocenters. The molecule has 7 nitrogen and oxygen atoms in total. The Morgan fingerprint density at radius 2 is 1.38 bits per heavy atom. The number of halogens is 2. The molecule has 0 saturated heterocycles. The minimum Gasteiger partial charge on any atom is -0.496 e. The minimum atomic E-state index is -0.899. The minimum absolute atomic E-state index is 0.0102. The van der Waals surface area contributed by atoms with Crippen molar-refractivity contribution < 1.29 is 23.1 Å². The van der Waals surface area contributed by atoms with Crippen LogP contribution in [0.25, 0.3) is 0 Å². The molecule has 2 N–H and O–H groups in total. The maximum absolute atomic E-state index is 14.3. The lowest BCUT2D eigenvalue weighted by atomic mass is 10.1. The Morgan fingerprint density at radius 1 is 0.844 bits per heavy atom. The second-order valence-corrected chi connectivity index (χ2v) is 6.38. The number of carbonyl (C=O) groups is 2. The number of carbonyl (C=O) groups excluding carboxylic acids is 2. The molecule has 0 aromatic heterocycles. The van der Waals surface area contributed by atoms with E-state index < -0.39 is 23.4 Å². The smallest absolute Gasteiger partial charge is 0.259 e. The van der Waals surface area contributed by atoms with Crippen LogP contribution in [0.2, 0.25) is 0 Å². The van der Waals surface area contributed by atoms with Gasteiger partial charge in [-0.2, -0.15) is 10.5 Å². The molecular weight excluding hydrogens is 418 g/mol. The summed E-state index contributed by atoms with van der Waals surface area (Å²) >= 11 is 0. The molecule has 0 bridgehead atoms. The van der Waals surface area contributed by atoms with Crippen LogP contribution in [-0.4, -0.2) is 18.9 Å². The first kappa shape index (κ1) is 21.9. The highest BCUT2D eigenvalue weighted by molar-refractivity contribution is 6.10. The number of anilines is 2. The Kier molecular flexibility index (Phi) is 6.42. The van der Waals surface area contributed by atoms with Gasteiger partial charge in [0.25, 0.3) is 11.8 Å². The van der Waals surface area contributed by atoms with Gasteiger partial charge in [0.05, 0.1) is 35.2 Å². The molecule has 158 valence electrons. The third-order valence-electron chi connectivity index (χ3n) is 4.44. The number of nitrogens with zero attached hydrogens (tertiary/aromatic N) is 2. The van der Waals surface area contributed by atoms with Crippen molar-refractivity contribution in [2.75, 3.05) is 17.7 Å². The van der Waals surface area contributed by atoms with E-state index in [1.54, 1.807) is 12.1 Å². The summed E-state index contributed by atoms with van der Waals surface area (Å²) in [5.74, 6) is -3.21. The Bertz CT molecular complexity index is 1310. The van der Waals surface area contributed by atoms with Gasteiger partial charge >= 0.3 is 0 Å². The topological polar surface area (TPSA) is 115 Å². The fourth-order valence-corrected chi connectivity index (χ4v) is 2.84. The van der Waals surface area contributed by atoms with E-state index in [1.165, 1.54) is 61.7 Å². The Labute approximate surface area is 181 Å². The van der Waals surface area contributed by atoms with Gasteiger partial charge < -0.3 is 15.4 Å². The van der Waals surface area contributed by atoms with Crippen molar-refractivity contribution in [1.29, 1.82) is 10.5 Å². The third-order valence-corrected chi connectivity index (χ3v) is 4.44. The van der Waals surface area contributed by atoms with Crippen LogP contribution >= 0.6 is 0 Å². The summed E-state index contributed by atoms with van der Waals surface area (Å²) in [6, 6.07) is 15.2. The van der Waals surface area contributed by atoms with Crippen molar-refractivity contribution in [2.45, 2.75) is 0 Å². The summed E-state index contributed by atoms with van der Waals surface area (Å²) < 4.78 is 33.7. The second kappa shape index (κ2) is 9.37. The van der Waals surface area contributed by atoms with E-state index in [9.17, 15) is 18.4 Å². The Morgan fingerprint density at radius 3 is 1.88 bits per heavy atom. The number of hydrogen-bond acceptors (Lipinski definition) is 5. The van der Waals surface area contributed by atoms with E-state index >= 15 is 0 Å². The van der Waals surface area contributed by atoms with Crippen LogP contribution < -0.4 is 15.4 Å². The summed E-state index contributed by atoms with van der Waals surface area (Å²) in [5, 5.41) is 22.5. The monoisotopic (exact) mass is 432 g/mol. The van der Waals surface area contributed by atoms with Crippen LogP contribution in [0.15, 0.2) is 54.6 Å². The van der Waals surface area contributed by atoms with E-state index in [1.807, 2.05) is 0 Å². The summed E-state index contributed by atoms with van der Waals surface area (Å²) in [5.41, 5.74) is -1.01. The molecule has 32 heavy (non-hydrogen) atoms.